The number of hydrogen-bond acceptors (Lipinski definition) is 3. The van der Waals surface area contributed by atoms with E-state index in [1.165, 1.54) is 24.9 Å². The van der Waals surface area contributed by atoms with Gasteiger partial charge in [0, 0.05) is 37.9 Å². The highest BCUT2D eigenvalue weighted by atomic mass is 16.3. The van der Waals surface area contributed by atoms with Crippen molar-refractivity contribution in [3.8, 4) is 0 Å². The number of piperidine rings is 1. The maximum Gasteiger partial charge on any atom is 0.253 e. The predicted octanol–water partition coefficient (Wildman–Crippen LogP) is 2.52. The van der Waals surface area contributed by atoms with Gasteiger partial charge in [-0.3, -0.25) is 4.79 Å². The normalized spacial score (nSPS) is 19.8. The second-order valence-corrected chi connectivity index (χ2v) is 6.69. The topological polar surface area (TPSA) is 43.8 Å². The Morgan fingerprint density at radius 1 is 1.23 bits per heavy atom. The van der Waals surface area contributed by atoms with Crippen LogP contribution >= 0.6 is 0 Å². The highest BCUT2D eigenvalue weighted by molar-refractivity contribution is 5.94. The van der Waals surface area contributed by atoms with Crippen molar-refractivity contribution in [1.29, 1.82) is 0 Å². The summed E-state index contributed by atoms with van der Waals surface area (Å²) in [6, 6.07) is 7.91. The Labute approximate surface area is 132 Å². The molecule has 2 fully saturated rings. The highest BCUT2D eigenvalue weighted by Gasteiger charge is 2.31. The van der Waals surface area contributed by atoms with Gasteiger partial charge < -0.3 is 14.9 Å². The standard InChI is InChI=1S/C18H26N2O2/c1-19(13-17(21)14-5-6-14)18(22)15-7-9-16(10-8-15)20-11-3-2-4-12-20/h7-10,14,17,21H,2-6,11-13H2,1H3. The number of nitrogens with zero attached hydrogens (tertiary/aromatic N) is 2. The van der Waals surface area contributed by atoms with Gasteiger partial charge in [-0.25, -0.2) is 0 Å². The molecule has 0 aromatic heterocycles. The van der Waals surface area contributed by atoms with Gasteiger partial charge in [0.25, 0.3) is 5.91 Å². The summed E-state index contributed by atoms with van der Waals surface area (Å²) in [5.74, 6) is 0.390. The van der Waals surface area contributed by atoms with E-state index in [1.54, 1.807) is 11.9 Å². The lowest BCUT2D eigenvalue weighted by atomic mass is 10.1. The molecular formula is C18H26N2O2. The van der Waals surface area contributed by atoms with Crippen molar-refractivity contribution in [3.63, 3.8) is 0 Å². The molecule has 2 aliphatic rings. The summed E-state index contributed by atoms with van der Waals surface area (Å²) >= 11 is 0. The minimum absolute atomic E-state index is 0.00936. The van der Waals surface area contributed by atoms with Crippen molar-refractivity contribution in [3.05, 3.63) is 29.8 Å². The second kappa shape index (κ2) is 6.69. The van der Waals surface area contributed by atoms with Crippen molar-refractivity contribution < 1.29 is 9.90 Å². The Bertz CT molecular complexity index is 504. The molecule has 4 heteroatoms. The van der Waals surface area contributed by atoms with Gasteiger partial charge in [0.2, 0.25) is 0 Å². The molecule has 1 unspecified atom stereocenters. The molecule has 1 aromatic rings. The monoisotopic (exact) mass is 302 g/mol. The van der Waals surface area contributed by atoms with Gasteiger partial charge in [-0.1, -0.05) is 0 Å². The van der Waals surface area contributed by atoms with E-state index in [0.717, 1.165) is 25.9 Å². The first-order valence-corrected chi connectivity index (χ1v) is 8.43. The van der Waals surface area contributed by atoms with Crippen molar-refractivity contribution in [1.82, 2.24) is 4.90 Å². The molecule has 1 amide bonds. The minimum Gasteiger partial charge on any atom is -0.391 e. The fraction of sp³-hybridized carbons (Fsp3) is 0.611. The lowest BCUT2D eigenvalue weighted by Crippen LogP contribution is -2.35. The van der Waals surface area contributed by atoms with Crippen molar-refractivity contribution in [2.75, 3.05) is 31.6 Å². The van der Waals surface area contributed by atoms with Crippen molar-refractivity contribution >= 4 is 11.6 Å². The van der Waals surface area contributed by atoms with Crippen molar-refractivity contribution in [2.24, 2.45) is 5.92 Å². The summed E-state index contributed by atoms with van der Waals surface area (Å²) in [5.41, 5.74) is 1.91. The third-order valence-corrected chi connectivity index (χ3v) is 4.81. The summed E-state index contributed by atoms with van der Waals surface area (Å²) in [5, 5.41) is 9.97. The van der Waals surface area contributed by atoms with Gasteiger partial charge in [0.15, 0.2) is 0 Å². The van der Waals surface area contributed by atoms with Crippen LogP contribution in [-0.4, -0.2) is 48.7 Å². The number of carbonyl (C=O) groups excluding carboxylic acids is 1. The Balaban J connectivity index is 1.59. The van der Waals surface area contributed by atoms with Gasteiger partial charge >= 0.3 is 0 Å². The summed E-state index contributed by atoms with van der Waals surface area (Å²) in [6.07, 6.45) is 5.63. The Kier molecular flexibility index (Phi) is 4.67. The van der Waals surface area contributed by atoms with E-state index in [2.05, 4.69) is 4.90 Å². The largest absolute Gasteiger partial charge is 0.391 e. The Hall–Kier alpha value is -1.55. The maximum absolute atomic E-state index is 12.4. The quantitative estimate of drug-likeness (QED) is 0.909. The maximum atomic E-state index is 12.4. The number of amides is 1. The van der Waals surface area contributed by atoms with E-state index < -0.39 is 0 Å². The first kappa shape index (κ1) is 15.3. The number of carbonyl (C=O) groups is 1. The van der Waals surface area contributed by atoms with Crippen LogP contribution < -0.4 is 4.90 Å². The van der Waals surface area contributed by atoms with E-state index >= 15 is 0 Å². The average molecular weight is 302 g/mol. The predicted molar refractivity (Wildman–Crippen MR) is 88.2 cm³/mol. The van der Waals surface area contributed by atoms with Gasteiger partial charge in [0.1, 0.15) is 0 Å². The first-order valence-electron chi connectivity index (χ1n) is 8.43. The number of aliphatic hydroxyl groups excluding tert-OH is 1. The zero-order chi connectivity index (χ0) is 15.5. The van der Waals surface area contributed by atoms with Gasteiger partial charge in [-0.05, 0) is 62.3 Å². The molecule has 0 spiro atoms. The fourth-order valence-corrected chi connectivity index (χ4v) is 3.18. The number of aliphatic hydroxyl groups is 1. The molecule has 1 aliphatic carbocycles. The Morgan fingerprint density at radius 3 is 2.45 bits per heavy atom. The third-order valence-electron chi connectivity index (χ3n) is 4.81. The van der Waals surface area contributed by atoms with E-state index in [4.69, 9.17) is 0 Å². The van der Waals surface area contributed by atoms with Crippen LogP contribution in [0.1, 0.15) is 42.5 Å². The second-order valence-electron chi connectivity index (χ2n) is 6.69. The zero-order valence-corrected chi connectivity index (χ0v) is 13.4. The lowest BCUT2D eigenvalue weighted by molar-refractivity contribution is 0.0645. The molecule has 0 radical (unpaired) electrons. The molecule has 120 valence electrons. The van der Waals surface area contributed by atoms with Crippen LogP contribution in [0.4, 0.5) is 5.69 Å². The van der Waals surface area contributed by atoms with Crippen LogP contribution in [0, 0.1) is 5.92 Å². The van der Waals surface area contributed by atoms with Crippen LogP contribution in [0.5, 0.6) is 0 Å². The minimum atomic E-state index is -0.374. The summed E-state index contributed by atoms with van der Waals surface area (Å²) in [7, 11) is 1.77. The van der Waals surface area contributed by atoms with E-state index in [0.29, 0.717) is 18.0 Å². The van der Waals surface area contributed by atoms with Crippen LogP contribution in [-0.2, 0) is 0 Å². The molecule has 1 aliphatic heterocycles. The molecule has 4 nitrogen and oxygen atoms in total. The fourth-order valence-electron chi connectivity index (χ4n) is 3.18. The van der Waals surface area contributed by atoms with Crippen LogP contribution in [0.25, 0.3) is 0 Å². The molecule has 0 bridgehead atoms. The third kappa shape index (κ3) is 3.61. The number of hydrogen-bond donors (Lipinski definition) is 1. The lowest BCUT2D eigenvalue weighted by Gasteiger charge is -2.29. The number of anilines is 1. The van der Waals surface area contributed by atoms with Crippen LogP contribution in [0.2, 0.25) is 0 Å². The molecule has 1 saturated heterocycles. The first-order chi connectivity index (χ1) is 10.6. The van der Waals surface area contributed by atoms with E-state index in [-0.39, 0.29) is 12.0 Å². The number of rotatable bonds is 5. The summed E-state index contributed by atoms with van der Waals surface area (Å²) < 4.78 is 0. The molecule has 1 heterocycles. The summed E-state index contributed by atoms with van der Waals surface area (Å²) in [4.78, 5) is 16.4. The number of likely N-dealkylation sites (N-methyl/N-ethyl adjacent to an activating group) is 1. The molecule has 1 aromatic carbocycles. The average Bonchev–Trinajstić information content (AvgIpc) is 3.40. The number of benzene rings is 1. The molecule has 1 atom stereocenters. The molecule has 1 saturated carbocycles. The van der Waals surface area contributed by atoms with Gasteiger partial charge in [0.05, 0.1) is 6.10 Å². The van der Waals surface area contributed by atoms with E-state index in [9.17, 15) is 9.90 Å². The molecule has 22 heavy (non-hydrogen) atoms. The van der Waals surface area contributed by atoms with Crippen LogP contribution in [0.15, 0.2) is 24.3 Å². The summed E-state index contributed by atoms with van der Waals surface area (Å²) in [6.45, 7) is 2.65. The van der Waals surface area contributed by atoms with Gasteiger partial charge in [-0.15, -0.1) is 0 Å². The highest BCUT2D eigenvalue weighted by Crippen LogP contribution is 2.32. The Morgan fingerprint density at radius 2 is 1.86 bits per heavy atom. The zero-order valence-electron chi connectivity index (χ0n) is 13.4. The molecule has 1 N–H and O–H groups in total. The van der Waals surface area contributed by atoms with E-state index in [1.807, 2.05) is 24.3 Å². The molecular weight excluding hydrogens is 276 g/mol. The SMILES string of the molecule is CN(CC(O)C1CC1)C(=O)c1ccc(N2CCCCC2)cc1. The van der Waals surface area contributed by atoms with Gasteiger partial charge in [-0.2, -0.15) is 0 Å². The molecule has 3 rings (SSSR count). The smallest absolute Gasteiger partial charge is 0.253 e. The van der Waals surface area contributed by atoms with Crippen molar-refractivity contribution in [2.45, 2.75) is 38.2 Å². The van der Waals surface area contributed by atoms with Crippen LogP contribution in [0.3, 0.4) is 0 Å².